The summed E-state index contributed by atoms with van der Waals surface area (Å²) in [5, 5.41) is 45.6. The first-order chi connectivity index (χ1) is 21.4. The lowest BCUT2D eigenvalue weighted by molar-refractivity contribution is -0.258. The molecule has 6 rings (SSSR count). The molecule has 6 fully saturated rings. The minimum Gasteiger partial charge on any atom is -0.394 e. The van der Waals surface area contributed by atoms with Crippen LogP contribution in [0.25, 0.3) is 0 Å². The van der Waals surface area contributed by atoms with Crippen molar-refractivity contribution < 1.29 is 30.0 Å². The van der Waals surface area contributed by atoms with Gasteiger partial charge >= 0.3 is 0 Å². The smallest absolute Gasteiger partial charge is 0.227 e. The van der Waals surface area contributed by atoms with Crippen molar-refractivity contribution in [3.05, 3.63) is 0 Å². The van der Waals surface area contributed by atoms with Crippen LogP contribution in [0.3, 0.4) is 0 Å². The Balaban J connectivity index is 1.47. The zero-order valence-corrected chi connectivity index (χ0v) is 27.5. The molecule has 252 valence electrons. The topological polar surface area (TPSA) is 119 Å². The normalized spacial score (nSPS) is 37.6. The Morgan fingerprint density at radius 2 is 1.09 bits per heavy atom. The summed E-state index contributed by atoms with van der Waals surface area (Å²) >= 11 is 0. The van der Waals surface area contributed by atoms with Crippen molar-refractivity contribution in [1.29, 1.82) is 0 Å². The number of ether oxygens (including phenoxy) is 1. The molecule has 7 nitrogen and oxygen atoms in total. The summed E-state index contributed by atoms with van der Waals surface area (Å²) in [5.41, 5.74) is -0.223. The van der Waals surface area contributed by atoms with E-state index in [0.717, 1.165) is 50.9 Å². The van der Waals surface area contributed by atoms with Crippen molar-refractivity contribution in [3.8, 4) is 0 Å². The van der Waals surface area contributed by atoms with E-state index in [2.05, 4.69) is 5.32 Å². The monoisotopic (exact) mass is 617 g/mol. The van der Waals surface area contributed by atoms with E-state index in [1.807, 2.05) is 0 Å². The largest absolute Gasteiger partial charge is 0.394 e. The van der Waals surface area contributed by atoms with E-state index in [1.54, 1.807) is 0 Å². The maximum Gasteiger partial charge on any atom is 0.227 e. The second-order valence-corrected chi connectivity index (χ2v) is 16.2. The molecule has 2 unspecified atom stereocenters. The maximum absolute atomic E-state index is 15.3. The number of hydrogen-bond acceptors (Lipinski definition) is 6. The number of aliphatic hydroxyl groups is 4. The Kier molecular flexibility index (Phi) is 10.4. The minimum atomic E-state index is -1.48. The Morgan fingerprint density at radius 3 is 1.64 bits per heavy atom. The van der Waals surface area contributed by atoms with E-state index in [0.29, 0.717) is 5.41 Å². The number of carbonyl (C=O) groups is 1. The molecule has 6 aliphatic rings. The van der Waals surface area contributed by atoms with Gasteiger partial charge in [0.05, 0.1) is 12.0 Å². The van der Waals surface area contributed by atoms with Gasteiger partial charge < -0.3 is 30.5 Å². The number of nitrogens with one attached hydrogen (secondary N) is 1. The van der Waals surface area contributed by atoms with Crippen LogP contribution in [-0.4, -0.2) is 63.6 Å². The zero-order valence-electron chi connectivity index (χ0n) is 27.5. The number of amides is 1. The Morgan fingerprint density at radius 1 is 0.614 bits per heavy atom. The zero-order chi connectivity index (χ0) is 30.8. The molecule has 5 N–H and O–H groups in total. The fourth-order valence-electron chi connectivity index (χ4n) is 12.9. The molecular weight excluding hydrogens is 554 g/mol. The predicted molar refractivity (Wildman–Crippen MR) is 171 cm³/mol. The van der Waals surface area contributed by atoms with Crippen LogP contribution < -0.4 is 5.32 Å². The van der Waals surface area contributed by atoms with Gasteiger partial charge in [-0.05, 0) is 86.4 Å². The molecule has 5 saturated carbocycles. The predicted octanol–water partition coefficient (Wildman–Crippen LogP) is 6.28. The molecule has 0 aromatic carbocycles. The quantitative estimate of drug-likeness (QED) is 0.229. The van der Waals surface area contributed by atoms with Crippen molar-refractivity contribution in [2.24, 2.45) is 27.6 Å². The fourth-order valence-corrected chi connectivity index (χ4v) is 12.9. The maximum atomic E-state index is 15.3. The lowest BCUT2D eigenvalue weighted by atomic mass is 9.32. The molecule has 7 heteroatoms. The Bertz CT molecular complexity index is 940. The van der Waals surface area contributed by atoms with Crippen LogP contribution >= 0.6 is 0 Å². The first kappa shape index (κ1) is 33.2. The highest BCUT2D eigenvalue weighted by Gasteiger charge is 2.71. The summed E-state index contributed by atoms with van der Waals surface area (Å²) in [6.07, 6.45) is 25.4. The van der Waals surface area contributed by atoms with Gasteiger partial charge in [0.2, 0.25) is 5.91 Å². The summed E-state index contributed by atoms with van der Waals surface area (Å²) in [7, 11) is 0. The van der Waals surface area contributed by atoms with Gasteiger partial charge in [-0.15, -0.1) is 0 Å². The van der Waals surface area contributed by atoms with Crippen LogP contribution in [-0.2, 0) is 9.53 Å². The Hall–Kier alpha value is -0.730. The second-order valence-electron chi connectivity index (χ2n) is 16.2. The summed E-state index contributed by atoms with van der Waals surface area (Å²) in [6, 6.07) is -1.12. The molecule has 0 aromatic rings. The number of rotatable bonds is 7. The summed E-state index contributed by atoms with van der Waals surface area (Å²) in [6.45, 7) is -0.505. The van der Waals surface area contributed by atoms with Gasteiger partial charge in [0.1, 0.15) is 24.4 Å². The van der Waals surface area contributed by atoms with Crippen LogP contribution in [0.5, 0.6) is 0 Å². The first-order valence-corrected chi connectivity index (χ1v) is 19.0. The molecule has 0 aromatic heterocycles. The average Bonchev–Trinajstić information content (AvgIpc) is 3.09. The third-order valence-corrected chi connectivity index (χ3v) is 14.7. The molecular formula is C37H63NO6. The third-order valence-electron chi connectivity index (χ3n) is 14.7. The van der Waals surface area contributed by atoms with Crippen molar-refractivity contribution in [2.75, 3.05) is 6.61 Å². The van der Waals surface area contributed by atoms with Crippen LogP contribution in [0.15, 0.2) is 0 Å². The van der Waals surface area contributed by atoms with Gasteiger partial charge in [0.15, 0.2) is 6.29 Å². The van der Waals surface area contributed by atoms with Crippen LogP contribution in [0.4, 0.5) is 0 Å². The van der Waals surface area contributed by atoms with Crippen LogP contribution in [0.1, 0.15) is 161 Å². The lowest BCUT2D eigenvalue weighted by Crippen LogP contribution is -2.70. The van der Waals surface area contributed by atoms with E-state index in [9.17, 15) is 20.4 Å². The number of carbonyl (C=O) groups excluding carboxylic acids is 1. The van der Waals surface area contributed by atoms with Crippen molar-refractivity contribution in [1.82, 2.24) is 5.32 Å². The Labute approximate surface area is 266 Å². The fraction of sp³-hybridized carbons (Fsp3) is 0.973. The van der Waals surface area contributed by atoms with E-state index < -0.39 is 42.7 Å². The van der Waals surface area contributed by atoms with Gasteiger partial charge in [-0.2, -0.15) is 0 Å². The number of aliphatic hydroxyl groups excluding tert-OH is 4. The summed E-state index contributed by atoms with van der Waals surface area (Å²) in [4.78, 5) is 15.3. The van der Waals surface area contributed by atoms with Gasteiger partial charge in [-0.1, -0.05) is 96.3 Å². The van der Waals surface area contributed by atoms with Gasteiger partial charge in [0.25, 0.3) is 0 Å². The van der Waals surface area contributed by atoms with E-state index >= 15 is 4.79 Å². The molecule has 5 aliphatic carbocycles. The molecule has 1 amide bonds. The SMILES string of the molecule is O=C(NC1[C@H](O)OC(CO)[C@H](O)[C@@H]1O)C1(C2(C3(C4(C5CCCCC5)CCCCC4)CCCCC3)CCCCC2)CCCCC1. The van der Waals surface area contributed by atoms with Gasteiger partial charge in [-0.25, -0.2) is 0 Å². The van der Waals surface area contributed by atoms with Crippen LogP contribution in [0.2, 0.25) is 0 Å². The highest BCUT2D eigenvalue weighted by atomic mass is 16.6. The van der Waals surface area contributed by atoms with Crippen molar-refractivity contribution >= 4 is 5.91 Å². The average molecular weight is 618 g/mol. The van der Waals surface area contributed by atoms with E-state index in [1.165, 1.54) is 116 Å². The van der Waals surface area contributed by atoms with E-state index in [4.69, 9.17) is 4.74 Å². The van der Waals surface area contributed by atoms with Crippen LogP contribution in [0, 0.1) is 27.6 Å². The minimum absolute atomic E-state index is 0.0139. The highest BCUT2D eigenvalue weighted by molar-refractivity contribution is 5.84. The van der Waals surface area contributed by atoms with Crippen molar-refractivity contribution in [2.45, 2.75) is 191 Å². The molecule has 0 bridgehead atoms. The molecule has 1 saturated heterocycles. The molecule has 0 radical (unpaired) electrons. The van der Waals surface area contributed by atoms with E-state index in [-0.39, 0.29) is 16.7 Å². The highest BCUT2D eigenvalue weighted by Crippen LogP contribution is 2.77. The molecule has 5 atom stereocenters. The summed E-state index contributed by atoms with van der Waals surface area (Å²) in [5.74, 6) is 0.748. The standard InChI is InChI=1S/C37H63NO6/c39-26-28-30(40)31(41)29(32(42)44-28)38-33(43)35(20-10-3-11-21-35)37(24-14-5-15-25-37)36(22-12-4-13-23-36)34(18-8-2-9-19-34)27-16-6-1-7-17-27/h27-32,39-42H,1-26H2,(H,38,43)/t28?,29?,30-,31+,32+/m0/s1. The molecule has 1 aliphatic heterocycles. The van der Waals surface area contributed by atoms with Gasteiger partial charge in [-0.3, -0.25) is 4.79 Å². The van der Waals surface area contributed by atoms with Gasteiger partial charge in [0, 0.05) is 0 Å². The lowest BCUT2D eigenvalue weighted by Gasteiger charge is -2.72. The third kappa shape index (κ3) is 5.31. The van der Waals surface area contributed by atoms with Crippen molar-refractivity contribution in [3.63, 3.8) is 0 Å². The number of hydrogen-bond donors (Lipinski definition) is 5. The molecule has 1 heterocycles. The molecule has 44 heavy (non-hydrogen) atoms. The summed E-state index contributed by atoms with van der Waals surface area (Å²) < 4.78 is 5.53. The molecule has 0 spiro atoms. The first-order valence-electron chi connectivity index (χ1n) is 19.0. The second kappa shape index (κ2) is 13.8.